The molecule has 1 amide bonds. The van der Waals surface area contributed by atoms with E-state index in [1.165, 1.54) is 6.21 Å². The molecule has 7 heteroatoms. The molecule has 170 valence electrons. The van der Waals surface area contributed by atoms with Gasteiger partial charge < -0.3 is 14.2 Å². The minimum absolute atomic E-state index is 0.174. The quantitative estimate of drug-likeness (QED) is 0.182. The summed E-state index contributed by atoms with van der Waals surface area (Å²) in [5, 5.41) is 5.73. The number of nitrogens with one attached hydrogen (secondary N) is 1. The van der Waals surface area contributed by atoms with Crippen molar-refractivity contribution in [3.05, 3.63) is 102 Å². The Morgan fingerprint density at radius 3 is 2.26 bits per heavy atom. The molecule has 0 spiro atoms. The number of amides is 1. The molecule has 0 aliphatic carbocycles. The molecule has 0 aliphatic heterocycles. The summed E-state index contributed by atoms with van der Waals surface area (Å²) in [7, 11) is 1.58. The van der Waals surface area contributed by atoms with Gasteiger partial charge in [-0.1, -0.05) is 36.4 Å². The molecule has 0 fully saturated rings. The van der Waals surface area contributed by atoms with Crippen molar-refractivity contribution in [2.45, 2.75) is 0 Å². The van der Waals surface area contributed by atoms with Crippen LogP contribution in [0.2, 0.25) is 0 Å². The van der Waals surface area contributed by atoms with E-state index in [1.54, 1.807) is 61.7 Å². The number of esters is 1. The molecule has 0 aliphatic rings. The largest absolute Gasteiger partial charge is 0.497 e. The van der Waals surface area contributed by atoms with Gasteiger partial charge in [0.15, 0.2) is 6.61 Å². The van der Waals surface area contributed by atoms with E-state index in [9.17, 15) is 9.59 Å². The SMILES string of the molecule is COc1ccc(OCC(=O)N/N=C/c2ccc(OC(=O)c3cccc4ccccc34)cc2)cc1. The summed E-state index contributed by atoms with van der Waals surface area (Å²) in [6.07, 6.45) is 1.49. The Labute approximate surface area is 196 Å². The van der Waals surface area contributed by atoms with Crippen molar-refractivity contribution in [2.75, 3.05) is 13.7 Å². The lowest BCUT2D eigenvalue weighted by atomic mass is 10.0. The number of fused-ring (bicyclic) bond motifs is 1. The molecule has 34 heavy (non-hydrogen) atoms. The fraction of sp³-hybridized carbons (Fsp3) is 0.0741. The van der Waals surface area contributed by atoms with E-state index in [0.717, 1.165) is 16.3 Å². The average Bonchev–Trinajstić information content (AvgIpc) is 2.88. The number of hydrogen-bond donors (Lipinski definition) is 1. The highest BCUT2D eigenvalue weighted by molar-refractivity contribution is 6.05. The third kappa shape index (κ3) is 5.77. The number of benzene rings is 4. The second kappa shape index (κ2) is 10.8. The van der Waals surface area contributed by atoms with Crippen LogP contribution in [0.3, 0.4) is 0 Å². The standard InChI is InChI=1S/C27H22N2O5/c1-32-21-13-15-22(16-14-21)33-18-26(30)29-28-17-19-9-11-23(12-10-19)34-27(31)25-8-4-6-20-5-2-3-7-24(20)25/h2-17H,18H2,1H3,(H,29,30)/b28-17+. The first-order valence-electron chi connectivity index (χ1n) is 10.5. The fourth-order valence-corrected chi connectivity index (χ4v) is 3.22. The van der Waals surface area contributed by atoms with Gasteiger partial charge >= 0.3 is 5.97 Å². The van der Waals surface area contributed by atoms with Gasteiger partial charge in [0.25, 0.3) is 5.91 Å². The highest BCUT2D eigenvalue weighted by Crippen LogP contribution is 2.21. The maximum atomic E-state index is 12.6. The highest BCUT2D eigenvalue weighted by atomic mass is 16.5. The first-order chi connectivity index (χ1) is 16.6. The van der Waals surface area contributed by atoms with Crippen molar-refractivity contribution in [1.82, 2.24) is 5.43 Å². The van der Waals surface area contributed by atoms with Gasteiger partial charge in [0, 0.05) is 0 Å². The second-order valence-electron chi connectivity index (χ2n) is 7.24. The molecule has 0 saturated carbocycles. The number of ether oxygens (including phenoxy) is 3. The zero-order valence-corrected chi connectivity index (χ0v) is 18.4. The molecule has 0 radical (unpaired) electrons. The predicted molar refractivity (Wildman–Crippen MR) is 130 cm³/mol. The predicted octanol–water partition coefficient (Wildman–Crippen LogP) is 4.60. The van der Waals surface area contributed by atoms with E-state index >= 15 is 0 Å². The number of carbonyl (C=O) groups excluding carboxylic acids is 2. The van der Waals surface area contributed by atoms with Crippen LogP contribution in [0.5, 0.6) is 17.2 Å². The lowest BCUT2D eigenvalue weighted by Gasteiger charge is -2.07. The molecule has 0 atom stereocenters. The Kier molecular flexibility index (Phi) is 7.15. The molecular formula is C27H22N2O5. The van der Waals surface area contributed by atoms with Crippen molar-refractivity contribution in [3.8, 4) is 17.2 Å². The average molecular weight is 454 g/mol. The molecular weight excluding hydrogens is 432 g/mol. The molecule has 1 N–H and O–H groups in total. The van der Waals surface area contributed by atoms with E-state index in [4.69, 9.17) is 14.2 Å². The van der Waals surface area contributed by atoms with Crippen molar-refractivity contribution in [2.24, 2.45) is 5.10 Å². The minimum Gasteiger partial charge on any atom is -0.497 e. The lowest BCUT2D eigenvalue weighted by molar-refractivity contribution is -0.123. The molecule has 7 nitrogen and oxygen atoms in total. The molecule has 0 unspecified atom stereocenters. The Hall–Kier alpha value is -4.65. The number of hydrogen-bond acceptors (Lipinski definition) is 6. The molecule has 4 aromatic carbocycles. The normalized spacial score (nSPS) is 10.7. The maximum absolute atomic E-state index is 12.6. The Bertz CT molecular complexity index is 1310. The van der Waals surface area contributed by atoms with Crippen molar-refractivity contribution < 1.29 is 23.8 Å². The number of methoxy groups -OCH3 is 1. The fourth-order valence-electron chi connectivity index (χ4n) is 3.22. The van der Waals surface area contributed by atoms with Gasteiger partial charge in [-0.3, -0.25) is 4.79 Å². The van der Waals surface area contributed by atoms with Gasteiger partial charge in [0.2, 0.25) is 0 Å². The van der Waals surface area contributed by atoms with E-state index in [0.29, 0.717) is 22.8 Å². The summed E-state index contributed by atoms with van der Waals surface area (Å²) < 4.78 is 16.0. The van der Waals surface area contributed by atoms with Crippen LogP contribution in [0.15, 0.2) is 96.1 Å². The van der Waals surface area contributed by atoms with Gasteiger partial charge in [-0.2, -0.15) is 5.10 Å². The third-order valence-corrected chi connectivity index (χ3v) is 4.93. The van der Waals surface area contributed by atoms with Crippen LogP contribution in [-0.4, -0.2) is 31.8 Å². The van der Waals surface area contributed by atoms with Crippen LogP contribution < -0.4 is 19.6 Å². The molecule has 0 heterocycles. The first kappa shape index (κ1) is 22.5. The number of hydrazone groups is 1. The summed E-state index contributed by atoms with van der Waals surface area (Å²) in [4.78, 5) is 24.5. The minimum atomic E-state index is -0.428. The number of rotatable bonds is 8. The lowest BCUT2D eigenvalue weighted by Crippen LogP contribution is -2.24. The molecule has 0 saturated heterocycles. The van der Waals surface area contributed by atoms with Crippen LogP contribution in [0.1, 0.15) is 15.9 Å². The molecule has 0 aromatic heterocycles. The molecule has 0 bridgehead atoms. The van der Waals surface area contributed by atoms with E-state index in [-0.39, 0.29) is 6.61 Å². The Morgan fingerprint density at radius 1 is 0.824 bits per heavy atom. The smallest absolute Gasteiger partial charge is 0.344 e. The Balaban J connectivity index is 1.28. The highest BCUT2D eigenvalue weighted by Gasteiger charge is 2.12. The van der Waals surface area contributed by atoms with E-state index in [2.05, 4.69) is 10.5 Å². The summed E-state index contributed by atoms with van der Waals surface area (Å²) in [5.41, 5.74) is 3.63. The number of carbonyl (C=O) groups is 2. The maximum Gasteiger partial charge on any atom is 0.344 e. The topological polar surface area (TPSA) is 86.2 Å². The second-order valence-corrected chi connectivity index (χ2v) is 7.24. The van der Waals surface area contributed by atoms with Gasteiger partial charge in [-0.25, -0.2) is 10.2 Å². The van der Waals surface area contributed by atoms with Crippen LogP contribution in [-0.2, 0) is 4.79 Å². The van der Waals surface area contributed by atoms with E-state index < -0.39 is 11.9 Å². The molecule has 4 rings (SSSR count). The van der Waals surface area contributed by atoms with Crippen LogP contribution in [0.25, 0.3) is 10.8 Å². The van der Waals surface area contributed by atoms with Gasteiger partial charge in [-0.05, 0) is 70.9 Å². The zero-order chi connectivity index (χ0) is 23.8. The van der Waals surface area contributed by atoms with Crippen molar-refractivity contribution >= 4 is 28.9 Å². The van der Waals surface area contributed by atoms with Gasteiger partial charge in [-0.15, -0.1) is 0 Å². The van der Waals surface area contributed by atoms with Crippen LogP contribution >= 0.6 is 0 Å². The summed E-state index contributed by atoms with van der Waals surface area (Å²) in [5.74, 6) is 0.839. The molecule has 4 aromatic rings. The Morgan fingerprint density at radius 2 is 1.50 bits per heavy atom. The summed E-state index contributed by atoms with van der Waals surface area (Å²) in [6.45, 7) is -0.174. The monoisotopic (exact) mass is 454 g/mol. The third-order valence-electron chi connectivity index (χ3n) is 4.93. The van der Waals surface area contributed by atoms with Gasteiger partial charge in [0.05, 0.1) is 18.9 Å². The summed E-state index contributed by atoms with van der Waals surface area (Å²) in [6, 6.07) is 26.9. The zero-order valence-electron chi connectivity index (χ0n) is 18.4. The van der Waals surface area contributed by atoms with Crippen LogP contribution in [0, 0.1) is 0 Å². The number of nitrogens with zero attached hydrogens (tertiary/aromatic N) is 1. The van der Waals surface area contributed by atoms with E-state index in [1.807, 2.05) is 36.4 Å². The van der Waals surface area contributed by atoms with Crippen molar-refractivity contribution in [3.63, 3.8) is 0 Å². The summed E-state index contributed by atoms with van der Waals surface area (Å²) >= 11 is 0. The van der Waals surface area contributed by atoms with Crippen molar-refractivity contribution in [1.29, 1.82) is 0 Å². The van der Waals surface area contributed by atoms with Gasteiger partial charge in [0.1, 0.15) is 17.2 Å². The first-order valence-corrected chi connectivity index (χ1v) is 10.5. The van der Waals surface area contributed by atoms with Crippen LogP contribution in [0.4, 0.5) is 0 Å².